The number of oxime groups is 1. The van der Waals surface area contributed by atoms with Crippen LogP contribution in [0.4, 0.5) is 10.1 Å². The predicted octanol–water partition coefficient (Wildman–Crippen LogP) is 3.82. The summed E-state index contributed by atoms with van der Waals surface area (Å²) in [6.07, 6.45) is 2.25. The maximum Gasteiger partial charge on any atom is 0.226 e. The Hall–Kier alpha value is -2.89. The highest BCUT2D eigenvalue weighted by Gasteiger charge is 2.36. The number of hydrogen-bond donors (Lipinski definition) is 0. The predicted molar refractivity (Wildman–Crippen MR) is 111 cm³/mol. The molecule has 0 saturated heterocycles. The third-order valence-electron chi connectivity index (χ3n) is 5.43. The van der Waals surface area contributed by atoms with Crippen LogP contribution < -0.4 is 4.90 Å². The second-order valence-corrected chi connectivity index (χ2v) is 8.00. The Balaban J connectivity index is 1.42. The van der Waals surface area contributed by atoms with E-state index in [0.29, 0.717) is 18.5 Å². The molecule has 2 aromatic rings. The number of halogens is 1. The molecule has 0 spiro atoms. The second kappa shape index (κ2) is 8.23. The summed E-state index contributed by atoms with van der Waals surface area (Å²) in [6.45, 7) is 0.668. The number of carbonyl (C=O) groups excluding carboxylic acids is 1. The van der Waals surface area contributed by atoms with Gasteiger partial charge in [-0.25, -0.2) is 4.39 Å². The van der Waals surface area contributed by atoms with E-state index in [0.717, 1.165) is 29.8 Å². The summed E-state index contributed by atoms with van der Waals surface area (Å²) in [6, 6.07) is 14.8. The van der Waals surface area contributed by atoms with Crippen molar-refractivity contribution in [2.45, 2.75) is 31.9 Å². The summed E-state index contributed by atoms with van der Waals surface area (Å²) in [5.41, 5.74) is 3.55. The van der Waals surface area contributed by atoms with Gasteiger partial charge in [-0.3, -0.25) is 4.79 Å². The summed E-state index contributed by atoms with van der Waals surface area (Å²) < 4.78 is 14.1. The minimum atomic E-state index is -0.286. The van der Waals surface area contributed by atoms with Crippen LogP contribution in [0.25, 0.3) is 0 Å². The van der Waals surface area contributed by atoms with E-state index in [1.807, 2.05) is 43.3 Å². The number of carbonyl (C=O) groups is 1. The van der Waals surface area contributed by atoms with Crippen LogP contribution in [0.5, 0.6) is 0 Å². The standard InChI is InChI=1S/C23H26FN3O2/c1-26(2)19-11-9-16(10-12-19)22-13-20(29-25-22)15-27(23(28)17-7-8-17)14-18-5-3-4-6-21(18)24/h3-6,9-12,17,20H,7-8,13-15H2,1-2H3/t20-/m1/s1. The van der Waals surface area contributed by atoms with Crippen molar-refractivity contribution < 1.29 is 14.0 Å². The normalized spacial score (nSPS) is 18.2. The fraction of sp³-hybridized carbons (Fsp3) is 0.391. The molecule has 6 heteroatoms. The Bertz CT molecular complexity index is 907. The molecule has 1 fully saturated rings. The average Bonchev–Trinajstić information content (AvgIpc) is 3.47. The van der Waals surface area contributed by atoms with Gasteiger partial charge in [0.1, 0.15) is 5.82 Å². The molecule has 1 amide bonds. The lowest BCUT2D eigenvalue weighted by Gasteiger charge is -2.25. The molecule has 2 aliphatic rings. The van der Waals surface area contributed by atoms with Crippen molar-refractivity contribution in [1.82, 2.24) is 4.90 Å². The SMILES string of the molecule is CN(C)c1ccc(C2=NO[C@@H](CN(Cc3ccccc3F)C(=O)C3CC3)C2)cc1. The van der Waals surface area contributed by atoms with E-state index in [9.17, 15) is 9.18 Å². The highest BCUT2D eigenvalue weighted by atomic mass is 19.1. The van der Waals surface area contributed by atoms with E-state index in [1.165, 1.54) is 6.07 Å². The molecule has 1 saturated carbocycles. The molecule has 1 aliphatic heterocycles. The van der Waals surface area contributed by atoms with Crippen LogP contribution in [0.3, 0.4) is 0 Å². The summed E-state index contributed by atoms with van der Waals surface area (Å²) in [7, 11) is 4.00. The lowest BCUT2D eigenvalue weighted by Crippen LogP contribution is -2.38. The fourth-order valence-corrected chi connectivity index (χ4v) is 3.55. The van der Waals surface area contributed by atoms with Gasteiger partial charge < -0.3 is 14.6 Å². The van der Waals surface area contributed by atoms with Crippen molar-refractivity contribution >= 4 is 17.3 Å². The van der Waals surface area contributed by atoms with E-state index >= 15 is 0 Å². The Kier molecular flexibility index (Phi) is 5.51. The van der Waals surface area contributed by atoms with Crippen molar-refractivity contribution in [3.8, 4) is 0 Å². The van der Waals surface area contributed by atoms with Crippen molar-refractivity contribution in [1.29, 1.82) is 0 Å². The second-order valence-electron chi connectivity index (χ2n) is 8.00. The number of benzene rings is 2. The molecule has 0 radical (unpaired) electrons. The Labute approximate surface area is 170 Å². The van der Waals surface area contributed by atoms with Gasteiger partial charge in [-0.05, 0) is 36.6 Å². The monoisotopic (exact) mass is 395 g/mol. The van der Waals surface area contributed by atoms with Crippen LogP contribution in [0.1, 0.15) is 30.4 Å². The van der Waals surface area contributed by atoms with Crippen LogP contribution in [-0.4, -0.2) is 43.3 Å². The van der Waals surface area contributed by atoms with Crippen LogP contribution in [0.2, 0.25) is 0 Å². The number of amides is 1. The minimum Gasteiger partial charge on any atom is -0.390 e. The van der Waals surface area contributed by atoms with Gasteiger partial charge in [0.25, 0.3) is 0 Å². The quantitative estimate of drug-likeness (QED) is 0.716. The molecule has 0 N–H and O–H groups in total. The van der Waals surface area contributed by atoms with Crippen molar-refractivity contribution in [2.75, 3.05) is 25.5 Å². The molecule has 1 aliphatic carbocycles. The summed E-state index contributed by atoms with van der Waals surface area (Å²) in [5, 5.41) is 4.25. The molecule has 5 nitrogen and oxygen atoms in total. The molecule has 29 heavy (non-hydrogen) atoms. The lowest BCUT2D eigenvalue weighted by atomic mass is 10.0. The number of anilines is 1. The van der Waals surface area contributed by atoms with Gasteiger partial charge in [-0.15, -0.1) is 0 Å². The van der Waals surface area contributed by atoms with Gasteiger partial charge in [0.2, 0.25) is 5.91 Å². The lowest BCUT2D eigenvalue weighted by molar-refractivity contribution is -0.135. The van der Waals surface area contributed by atoms with Crippen molar-refractivity contribution in [3.05, 3.63) is 65.5 Å². The Morgan fingerprint density at radius 2 is 1.86 bits per heavy atom. The van der Waals surface area contributed by atoms with E-state index < -0.39 is 0 Å². The fourth-order valence-electron chi connectivity index (χ4n) is 3.55. The van der Waals surface area contributed by atoms with Gasteiger partial charge in [0.15, 0.2) is 6.10 Å². The van der Waals surface area contributed by atoms with E-state index in [2.05, 4.69) is 5.16 Å². The molecule has 1 atom stereocenters. The first-order valence-electron chi connectivity index (χ1n) is 10.0. The Morgan fingerprint density at radius 1 is 1.14 bits per heavy atom. The molecular formula is C23H26FN3O2. The first-order chi connectivity index (χ1) is 14.0. The first kappa shape index (κ1) is 19.4. The molecule has 0 bridgehead atoms. The number of hydrogen-bond acceptors (Lipinski definition) is 4. The topological polar surface area (TPSA) is 45.1 Å². The summed E-state index contributed by atoms with van der Waals surface area (Å²) in [4.78, 5) is 22.2. The average molecular weight is 395 g/mol. The zero-order chi connectivity index (χ0) is 20.4. The largest absolute Gasteiger partial charge is 0.390 e. The number of nitrogens with zero attached hydrogens (tertiary/aromatic N) is 3. The molecule has 2 aromatic carbocycles. The summed E-state index contributed by atoms with van der Waals surface area (Å²) >= 11 is 0. The van der Waals surface area contributed by atoms with Crippen LogP contribution >= 0.6 is 0 Å². The van der Waals surface area contributed by atoms with E-state index in [1.54, 1.807) is 23.1 Å². The zero-order valence-corrected chi connectivity index (χ0v) is 16.8. The van der Waals surface area contributed by atoms with Gasteiger partial charge in [-0.1, -0.05) is 35.5 Å². The first-order valence-corrected chi connectivity index (χ1v) is 10.0. The van der Waals surface area contributed by atoms with Gasteiger partial charge in [0, 0.05) is 44.2 Å². The van der Waals surface area contributed by atoms with E-state index in [-0.39, 0.29) is 30.3 Å². The van der Waals surface area contributed by atoms with Crippen molar-refractivity contribution in [3.63, 3.8) is 0 Å². The highest BCUT2D eigenvalue weighted by Crippen LogP contribution is 2.32. The molecule has 0 unspecified atom stereocenters. The smallest absolute Gasteiger partial charge is 0.226 e. The minimum absolute atomic E-state index is 0.0714. The van der Waals surface area contributed by atoms with Crippen LogP contribution in [0.15, 0.2) is 53.7 Å². The maximum atomic E-state index is 14.1. The molecular weight excluding hydrogens is 369 g/mol. The van der Waals surface area contributed by atoms with Crippen LogP contribution in [-0.2, 0) is 16.2 Å². The Morgan fingerprint density at radius 3 is 2.52 bits per heavy atom. The third kappa shape index (κ3) is 4.58. The zero-order valence-electron chi connectivity index (χ0n) is 16.8. The van der Waals surface area contributed by atoms with Crippen LogP contribution in [0, 0.1) is 11.7 Å². The maximum absolute atomic E-state index is 14.1. The van der Waals surface area contributed by atoms with Crippen molar-refractivity contribution in [2.24, 2.45) is 11.1 Å². The third-order valence-corrected chi connectivity index (χ3v) is 5.43. The van der Waals surface area contributed by atoms with Gasteiger partial charge >= 0.3 is 0 Å². The van der Waals surface area contributed by atoms with Gasteiger partial charge in [-0.2, -0.15) is 0 Å². The van der Waals surface area contributed by atoms with Gasteiger partial charge in [0.05, 0.1) is 12.3 Å². The molecule has 152 valence electrons. The molecule has 4 rings (SSSR count). The highest BCUT2D eigenvalue weighted by molar-refractivity contribution is 6.01. The molecule has 0 aromatic heterocycles. The number of rotatable bonds is 7. The summed E-state index contributed by atoms with van der Waals surface area (Å²) in [5.74, 6) is -0.130. The molecule has 1 heterocycles. The van der Waals surface area contributed by atoms with E-state index in [4.69, 9.17) is 4.84 Å².